The zero-order valence-electron chi connectivity index (χ0n) is 9.03. The van der Waals surface area contributed by atoms with Gasteiger partial charge in [-0.05, 0) is 11.6 Å². The standard InChI is InChI=1S/C13H16N2/c1-3-8-14-9-11-10-15(2)13-7-5-4-6-12(11)13/h3-7,10,14H,1,8-9H2,2H3. The number of benzene rings is 1. The van der Waals surface area contributed by atoms with Gasteiger partial charge in [0.15, 0.2) is 0 Å². The lowest BCUT2D eigenvalue weighted by molar-refractivity contribution is 0.760. The summed E-state index contributed by atoms with van der Waals surface area (Å²) >= 11 is 0. The van der Waals surface area contributed by atoms with Gasteiger partial charge in [-0.25, -0.2) is 0 Å². The summed E-state index contributed by atoms with van der Waals surface area (Å²) in [7, 11) is 2.08. The van der Waals surface area contributed by atoms with Crippen molar-refractivity contribution in [2.75, 3.05) is 6.54 Å². The van der Waals surface area contributed by atoms with Crippen molar-refractivity contribution in [1.82, 2.24) is 9.88 Å². The van der Waals surface area contributed by atoms with Gasteiger partial charge in [-0.3, -0.25) is 0 Å². The van der Waals surface area contributed by atoms with E-state index in [0.29, 0.717) is 0 Å². The van der Waals surface area contributed by atoms with Crippen LogP contribution in [0.3, 0.4) is 0 Å². The molecular weight excluding hydrogens is 184 g/mol. The number of hydrogen-bond donors (Lipinski definition) is 1. The third-order valence-corrected chi connectivity index (χ3v) is 2.58. The van der Waals surface area contributed by atoms with E-state index in [1.165, 1.54) is 16.5 Å². The van der Waals surface area contributed by atoms with E-state index in [0.717, 1.165) is 13.1 Å². The van der Waals surface area contributed by atoms with E-state index in [4.69, 9.17) is 0 Å². The molecule has 1 aromatic heterocycles. The van der Waals surface area contributed by atoms with Gasteiger partial charge in [-0.15, -0.1) is 6.58 Å². The SMILES string of the molecule is C=CCNCc1cn(C)c2ccccc12. The molecule has 0 aliphatic heterocycles. The van der Waals surface area contributed by atoms with E-state index in [9.17, 15) is 0 Å². The number of fused-ring (bicyclic) bond motifs is 1. The number of rotatable bonds is 4. The molecule has 0 aliphatic carbocycles. The van der Waals surface area contributed by atoms with Crippen LogP contribution in [0.25, 0.3) is 10.9 Å². The van der Waals surface area contributed by atoms with Gasteiger partial charge < -0.3 is 9.88 Å². The van der Waals surface area contributed by atoms with Crippen molar-refractivity contribution in [2.45, 2.75) is 6.54 Å². The van der Waals surface area contributed by atoms with E-state index in [1.54, 1.807) is 0 Å². The highest BCUT2D eigenvalue weighted by Gasteiger charge is 2.03. The fraction of sp³-hybridized carbons (Fsp3) is 0.231. The quantitative estimate of drug-likeness (QED) is 0.592. The van der Waals surface area contributed by atoms with Gasteiger partial charge in [0.25, 0.3) is 0 Å². The summed E-state index contributed by atoms with van der Waals surface area (Å²) < 4.78 is 2.17. The van der Waals surface area contributed by atoms with Crippen molar-refractivity contribution in [2.24, 2.45) is 7.05 Å². The summed E-state index contributed by atoms with van der Waals surface area (Å²) in [4.78, 5) is 0. The van der Waals surface area contributed by atoms with E-state index >= 15 is 0 Å². The van der Waals surface area contributed by atoms with E-state index < -0.39 is 0 Å². The third-order valence-electron chi connectivity index (χ3n) is 2.58. The van der Waals surface area contributed by atoms with Crippen LogP contribution >= 0.6 is 0 Å². The van der Waals surface area contributed by atoms with Gasteiger partial charge in [0.1, 0.15) is 0 Å². The number of nitrogens with one attached hydrogen (secondary N) is 1. The molecule has 0 amide bonds. The molecule has 15 heavy (non-hydrogen) atoms. The molecule has 78 valence electrons. The Labute approximate surface area is 90.2 Å². The molecule has 2 aromatic rings. The Morgan fingerprint density at radius 3 is 3.00 bits per heavy atom. The Hall–Kier alpha value is -1.54. The Kier molecular flexibility index (Phi) is 2.88. The summed E-state index contributed by atoms with van der Waals surface area (Å²) in [5.74, 6) is 0. The number of nitrogens with zero attached hydrogens (tertiary/aromatic N) is 1. The smallest absolute Gasteiger partial charge is 0.0481 e. The molecule has 0 unspecified atom stereocenters. The van der Waals surface area contributed by atoms with Crippen LogP contribution in [0, 0.1) is 0 Å². The zero-order chi connectivity index (χ0) is 10.7. The fourth-order valence-corrected chi connectivity index (χ4v) is 1.88. The second-order valence-electron chi connectivity index (χ2n) is 3.70. The molecule has 0 atom stereocenters. The fourth-order valence-electron chi connectivity index (χ4n) is 1.88. The predicted molar refractivity (Wildman–Crippen MR) is 64.8 cm³/mol. The average Bonchev–Trinajstić information content (AvgIpc) is 2.58. The Bertz CT molecular complexity index is 468. The molecule has 1 aromatic carbocycles. The van der Waals surface area contributed by atoms with Crippen molar-refractivity contribution in [1.29, 1.82) is 0 Å². The van der Waals surface area contributed by atoms with Gasteiger partial charge >= 0.3 is 0 Å². The molecule has 0 radical (unpaired) electrons. The van der Waals surface area contributed by atoms with Crippen LogP contribution in [-0.4, -0.2) is 11.1 Å². The molecule has 2 rings (SSSR count). The molecule has 0 saturated heterocycles. The topological polar surface area (TPSA) is 17.0 Å². The molecule has 0 saturated carbocycles. The first-order valence-electron chi connectivity index (χ1n) is 5.17. The van der Waals surface area contributed by atoms with Crippen LogP contribution in [0.1, 0.15) is 5.56 Å². The lowest BCUT2D eigenvalue weighted by atomic mass is 10.2. The minimum absolute atomic E-state index is 0.850. The number of aryl methyl sites for hydroxylation is 1. The molecule has 2 nitrogen and oxygen atoms in total. The summed E-state index contributed by atoms with van der Waals surface area (Å²) in [6, 6.07) is 8.47. The van der Waals surface area contributed by atoms with Gasteiger partial charge in [0.05, 0.1) is 0 Å². The highest BCUT2D eigenvalue weighted by Crippen LogP contribution is 2.19. The second kappa shape index (κ2) is 4.32. The first-order valence-corrected chi connectivity index (χ1v) is 5.17. The normalized spacial score (nSPS) is 10.7. The monoisotopic (exact) mass is 200 g/mol. The Balaban J connectivity index is 2.31. The van der Waals surface area contributed by atoms with Crippen molar-refractivity contribution >= 4 is 10.9 Å². The number of para-hydroxylation sites is 1. The maximum Gasteiger partial charge on any atom is 0.0481 e. The molecule has 1 N–H and O–H groups in total. The van der Waals surface area contributed by atoms with Gasteiger partial charge in [-0.1, -0.05) is 24.3 Å². The van der Waals surface area contributed by atoms with Crippen LogP contribution in [0.15, 0.2) is 43.1 Å². The summed E-state index contributed by atoms with van der Waals surface area (Å²) in [5, 5.41) is 4.66. The molecular formula is C13H16N2. The lowest BCUT2D eigenvalue weighted by Gasteiger charge is -1.99. The minimum Gasteiger partial charge on any atom is -0.350 e. The van der Waals surface area contributed by atoms with Crippen LogP contribution in [0.5, 0.6) is 0 Å². The number of aromatic nitrogens is 1. The second-order valence-corrected chi connectivity index (χ2v) is 3.70. The molecule has 0 spiro atoms. The zero-order valence-corrected chi connectivity index (χ0v) is 9.03. The molecule has 1 heterocycles. The van der Waals surface area contributed by atoms with Crippen LogP contribution in [0.4, 0.5) is 0 Å². The van der Waals surface area contributed by atoms with Crippen molar-refractivity contribution in [3.8, 4) is 0 Å². The van der Waals surface area contributed by atoms with Crippen molar-refractivity contribution in [3.05, 3.63) is 48.7 Å². The highest BCUT2D eigenvalue weighted by atomic mass is 14.9. The van der Waals surface area contributed by atoms with Crippen molar-refractivity contribution in [3.63, 3.8) is 0 Å². The molecule has 0 aliphatic rings. The molecule has 0 fully saturated rings. The van der Waals surface area contributed by atoms with E-state index in [2.05, 4.69) is 54.0 Å². The van der Waals surface area contributed by atoms with E-state index in [1.807, 2.05) is 6.08 Å². The summed E-state index contributed by atoms with van der Waals surface area (Å²) in [5.41, 5.74) is 2.63. The van der Waals surface area contributed by atoms with Crippen LogP contribution in [-0.2, 0) is 13.6 Å². The first-order chi connectivity index (χ1) is 7.33. The van der Waals surface area contributed by atoms with Gasteiger partial charge in [-0.2, -0.15) is 0 Å². The average molecular weight is 200 g/mol. The Morgan fingerprint density at radius 1 is 1.40 bits per heavy atom. The molecule has 2 heteroatoms. The maximum absolute atomic E-state index is 3.69. The lowest BCUT2D eigenvalue weighted by Crippen LogP contribution is -2.12. The van der Waals surface area contributed by atoms with Gasteiger partial charge in [0, 0.05) is 37.2 Å². The minimum atomic E-state index is 0.850. The first kappa shape index (κ1) is 9.99. The van der Waals surface area contributed by atoms with E-state index in [-0.39, 0.29) is 0 Å². The summed E-state index contributed by atoms with van der Waals surface area (Å²) in [6.07, 6.45) is 4.06. The summed E-state index contributed by atoms with van der Waals surface area (Å²) in [6.45, 7) is 5.44. The van der Waals surface area contributed by atoms with Gasteiger partial charge in [0.2, 0.25) is 0 Å². The van der Waals surface area contributed by atoms with Crippen molar-refractivity contribution < 1.29 is 0 Å². The maximum atomic E-state index is 3.69. The largest absolute Gasteiger partial charge is 0.350 e. The third kappa shape index (κ3) is 1.95. The van der Waals surface area contributed by atoms with Crippen LogP contribution in [0.2, 0.25) is 0 Å². The predicted octanol–water partition coefficient (Wildman–Crippen LogP) is 2.45. The Morgan fingerprint density at radius 2 is 2.20 bits per heavy atom. The number of hydrogen-bond acceptors (Lipinski definition) is 1. The molecule has 0 bridgehead atoms. The van der Waals surface area contributed by atoms with Crippen LogP contribution < -0.4 is 5.32 Å². The highest BCUT2D eigenvalue weighted by molar-refractivity contribution is 5.83.